The molecule has 1 nitrogen and oxygen atoms in total. The number of fused-ring (bicyclic) bond motifs is 1. The maximum atomic E-state index is 6.34. The number of hydrogen-bond donors (Lipinski definition) is 0. The average Bonchev–Trinajstić information content (AvgIpc) is 2.74. The molecular formula is C20H21Cl2NS. The summed E-state index contributed by atoms with van der Waals surface area (Å²) in [6.07, 6.45) is 5.21. The molecule has 0 radical (unpaired) electrons. The minimum absolute atomic E-state index is 0.532. The van der Waals surface area contributed by atoms with Gasteiger partial charge in [0.2, 0.25) is 0 Å². The summed E-state index contributed by atoms with van der Waals surface area (Å²) in [5, 5.41) is 1.17. The molecule has 0 aromatic heterocycles. The van der Waals surface area contributed by atoms with Gasteiger partial charge in [0, 0.05) is 26.0 Å². The van der Waals surface area contributed by atoms with Crippen molar-refractivity contribution in [3.05, 3.63) is 74.8 Å². The monoisotopic (exact) mass is 377 g/mol. The van der Waals surface area contributed by atoms with Crippen molar-refractivity contribution in [2.24, 2.45) is 4.99 Å². The van der Waals surface area contributed by atoms with Gasteiger partial charge in [-0.3, -0.25) is 4.99 Å². The van der Waals surface area contributed by atoms with E-state index in [1.165, 1.54) is 9.80 Å². The number of rotatable bonds is 5. The van der Waals surface area contributed by atoms with Crippen molar-refractivity contribution < 1.29 is 0 Å². The molecule has 0 amide bonds. The van der Waals surface area contributed by atoms with Crippen LogP contribution in [0.5, 0.6) is 0 Å². The lowest BCUT2D eigenvalue weighted by Gasteiger charge is -2.10. The number of thioether (sulfide) groups is 1. The smallest absolute Gasteiger partial charge is 0.0789 e. The summed E-state index contributed by atoms with van der Waals surface area (Å²) < 4.78 is 0. The van der Waals surface area contributed by atoms with Gasteiger partial charge in [-0.05, 0) is 31.9 Å². The molecule has 2 rings (SSSR count). The molecule has 0 bridgehead atoms. The topological polar surface area (TPSA) is 12.4 Å². The van der Waals surface area contributed by atoms with Crippen molar-refractivity contribution in [1.82, 2.24) is 0 Å². The zero-order chi connectivity index (χ0) is 17.7. The summed E-state index contributed by atoms with van der Waals surface area (Å²) in [5.74, 6) is 0. The van der Waals surface area contributed by atoms with E-state index in [1.54, 1.807) is 17.8 Å². The Morgan fingerprint density at radius 3 is 2.58 bits per heavy atom. The standard InChI is InChI=1S/C20H21Cl2NS/c1-5-14(12-17(22)16(21)6-2)20-15-10-8-9-11-19(15)24-13(4)18(7-3)23-20/h5,8-12H,1,6-7H2,2-4H3/b14-12+,17-16-. The molecule has 24 heavy (non-hydrogen) atoms. The van der Waals surface area contributed by atoms with Crippen molar-refractivity contribution in [2.75, 3.05) is 0 Å². The lowest BCUT2D eigenvalue weighted by atomic mass is 10.0. The molecule has 0 atom stereocenters. The fourth-order valence-electron chi connectivity index (χ4n) is 2.40. The highest BCUT2D eigenvalue weighted by molar-refractivity contribution is 8.03. The van der Waals surface area contributed by atoms with Gasteiger partial charge in [-0.2, -0.15) is 0 Å². The van der Waals surface area contributed by atoms with Gasteiger partial charge >= 0.3 is 0 Å². The van der Waals surface area contributed by atoms with Crippen molar-refractivity contribution in [1.29, 1.82) is 0 Å². The molecular weight excluding hydrogens is 357 g/mol. The molecule has 0 aliphatic carbocycles. The Kier molecular flexibility index (Phi) is 6.97. The van der Waals surface area contributed by atoms with Crippen LogP contribution >= 0.6 is 35.0 Å². The molecule has 4 heteroatoms. The predicted octanol–water partition coefficient (Wildman–Crippen LogP) is 7.43. The van der Waals surface area contributed by atoms with Crippen LogP contribution < -0.4 is 0 Å². The van der Waals surface area contributed by atoms with Gasteiger partial charge < -0.3 is 0 Å². The van der Waals surface area contributed by atoms with E-state index in [0.29, 0.717) is 16.5 Å². The first kappa shape index (κ1) is 19.1. The highest BCUT2D eigenvalue weighted by Crippen LogP contribution is 2.37. The molecule has 1 aliphatic rings. The highest BCUT2D eigenvalue weighted by atomic mass is 35.5. The Hall–Kier alpha value is -1.22. The third-order valence-corrected chi connectivity index (χ3v) is 5.76. The zero-order valence-corrected chi connectivity index (χ0v) is 16.5. The number of benzene rings is 1. The van der Waals surface area contributed by atoms with Gasteiger partial charge in [-0.15, -0.1) is 0 Å². The summed E-state index contributed by atoms with van der Waals surface area (Å²) in [6, 6.07) is 8.28. The van der Waals surface area contributed by atoms with E-state index in [0.717, 1.165) is 29.0 Å². The summed E-state index contributed by atoms with van der Waals surface area (Å²) in [5.41, 5.74) is 3.94. The third kappa shape index (κ3) is 4.24. The molecule has 1 aromatic carbocycles. The summed E-state index contributed by atoms with van der Waals surface area (Å²) in [4.78, 5) is 7.34. The molecule has 0 N–H and O–H groups in total. The van der Waals surface area contributed by atoms with Crippen LogP contribution in [0.1, 0.15) is 39.2 Å². The van der Waals surface area contributed by atoms with Gasteiger partial charge in [-0.1, -0.05) is 79.7 Å². The van der Waals surface area contributed by atoms with E-state index in [1.807, 2.05) is 25.1 Å². The van der Waals surface area contributed by atoms with E-state index < -0.39 is 0 Å². The van der Waals surface area contributed by atoms with Gasteiger partial charge in [0.1, 0.15) is 0 Å². The van der Waals surface area contributed by atoms with Gasteiger partial charge in [0.15, 0.2) is 0 Å². The maximum absolute atomic E-state index is 6.34. The minimum Gasteiger partial charge on any atom is -0.251 e. The van der Waals surface area contributed by atoms with Crippen LogP contribution in [0.4, 0.5) is 0 Å². The van der Waals surface area contributed by atoms with Gasteiger partial charge in [0.05, 0.1) is 16.4 Å². The molecule has 0 unspecified atom stereocenters. The van der Waals surface area contributed by atoms with Crippen LogP contribution in [-0.4, -0.2) is 5.71 Å². The molecule has 1 heterocycles. The van der Waals surface area contributed by atoms with E-state index in [4.69, 9.17) is 28.2 Å². The molecule has 126 valence electrons. The quantitative estimate of drug-likeness (QED) is 0.485. The second-order valence-corrected chi connectivity index (χ2v) is 7.45. The van der Waals surface area contributed by atoms with Gasteiger partial charge in [-0.25, -0.2) is 0 Å². The maximum Gasteiger partial charge on any atom is 0.0789 e. The normalized spacial score (nSPS) is 16.2. The van der Waals surface area contributed by atoms with Crippen LogP contribution in [0.25, 0.3) is 0 Å². The van der Waals surface area contributed by atoms with E-state index in [-0.39, 0.29) is 0 Å². The summed E-state index contributed by atoms with van der Waals surface area (Å²) in [6.45, 7) is 10.2. The summed E-state index contributed by atoms with van der Waals surface area (Å²) >= 11 is 14.3. The van der Waals surface area contributed by atoms with Crippen molar-refractivity contribution in [2.45, 2.75) is 38.5 Å². The SMILES string of the molecule is C=C/C(=C\C(Cl)=C(\Cl)CC)C1=NC(CC)=C(C)Sc2ccccc21. The molecule has 0 saturated heterocycles. The van der Waals surface area contributed by atoms with E-state index in [9.17, 15) is 0 Å². The van der Waals surface area contributed by atoms with Crippen LogP contribution in [0.3, 0.4) is 0 Å². The minimum atomic E-state index is 0.532. The Morgan fingerprint density at radius 2 is 1.96 bits per heavy atom. The van der Waals surface area contributed by atoms with E-state index in [2.05, 4.69) is 32.6 Å². The first-order chi connectivity index (χ1) is 11.5. The number of hydrogen-bond acceptors (Lipinski definition) is 2. The number of halogens is 2. The van der Waals surface area contributed by atoms with Crippen LogP contribution in [0.15, 0.2) is 79.1 Å². The average molecular weight is 378 g/mol. The number of allylic oxidation sites excluding steroid dienone is 7. The lowest BCUT2D eigenvalue weighted by molar-refractivity contribution is 1.05. The molecule has 0 fully saturated rings. The Labute approximate surface area is 158 Å². The first-order valence-electron chi connectivity index (χ1n) is 7.96. The predicted molar refractivity (Wildman–Crippen MR) is 109 cm³/mol. The largest absolute Gasteiger partial charge is 0.251 e. The third-order valence-electron chi connectivity index (χ3n) is 3.74. The number of aliphatic imine (C=N–C) groups is 1. The first-order valence-corrected chi connectivity index (χ1v) is 9.53. The fraction of sp³-hybridized carbons (Fsp3) is 0.250. The molecule has 0 saturated carbocycles. The second-order valence-electron chi connectivity index (χ2n) is 5.33. The number of nitrogens with zero attached hydrogens (tertiary/aromatic N) is 1. The fourth-order valence-corrected chi connectivity index (χ4v) is 3.77. The second kappa shape index (κ2) is 8.75. The molecule has 1 aromatic rings. The molecule has 0 spiro atoms. The summed E-state index contributed by atoms with van der Waals surface area (Å²) in [7, 11) is 0. The Morgan fingerprint density at radius 1 is 1.25 bits per heavy atom. The van der Waals surface area contributed by atoms with Crippen LogP contribution in [0.2, 0.25) is 0 Å². The lowest BCUT2D eigenvalue weighted by Crippen LogP contribution is -2.05. The Balaban J connectivity index is 2.68. The highest BCUT2D eigenvalue weighted by Gasteiger charge is 2.18. The van der Waals surface area contributed by atoms with Crippen molar-refractivity contribution >= 4 is 40.7 Å². The van der Waals surface area contributed by atoms with Crippen molar-refractivity contribution in [3.8, 4) is 0 Å². The van der Waals surface area contributed by atoms with E-state index >= 15 is 0 Å². The van der Waals surface area contributed by atoms with Gasteiger partial charge in [0.25, 0.3) is 0 Å². The zero-order valence-electron chi connectivity index (χ0n) is 14.2. The van der Waals surface area contributed by atoms with Crippen LogP contribution in [0, 0.1) is 0 Å². The van der Waals surface area contributed by atoms with Crippen molar-refractivity contribution in [3.63, 3.8) is 0 Å². The Bertz CT molecular complexity index is 770. The van der Waals surface area contributed by atoms with Crippen LogP contribution in [-0.2, 0) is 0 Å². The molecule has 1 aliphatic heterocycles.